The summed E-state index contributed by atoms with van der Waals surface area (Å²) in [5.74, 6) is -11.9. The number of nitrogens with one attached hydrogen (secondary N) is 1. The minimum atomic E-state index is -4.85. The van der Waals surface area contributed by atoms with Crippen molar-refractivity contribution in [3.8, 4) is 0 Å². The molecule has 0 aliphatic heterocycles. The molecule has 0 saturated carbocycles. The maximum absolute atomic E-state index is 13.5. The standard InChI is InChI=1S/C12H5F5N2O4S/c13-7-8(14)10(16)12(11(17)9(7)15)18-24(22,23)6-3-1-2-5(4-6)19(20)21/h1-4,18H. The van der Waals surface area contributed by atoms with E-state index in [0.717, 1.165) is 18.2 Å². The SMILES string of the molecule is O=[N+]([O-])c1cccc(S(=O)(=O)Nc2c(F)c(F)c(F)c(F)c2F)c1. The molecule has 12 heteroatoms. The number of non-ortho nitro benzene ring substituents is 1. The number of rotatable bonds is 4. The van der Waals surface area contributed by atoms with Crippen LogP contribution in [0.5, 0.6) is 0 Å². The van der Waals surface area contributed by atoms with E-state index in [4.69, 9.17) is 0 Å². The molecule has 0 fully saturated rings. The second kappa shape index (κ2) is 6.03. The number of hydrogen-bond donors (Lipinski definition) is 1. The van der Waals surface area contributed by atoms with E-state index >= 15 is 0 Å². The number of nitrogens with zero attached hydrogens (tertiary/aromatic N) is 1. The average molecular weight is 368 g/mol. The Morgan fingerprint density at radius 2 is 1.42 bits per heavy atom. The molecule has 2 rings (SSSR count). The number of halogens is 5. The van der Waals surface area contributed by atoms with Gasteiger partial charge in [0.25, 0.3) is 15.7 Å². The molecule has 0 spiro atoms. The zero-order valence-corrected chi connectivity index (χ0v) is 12.0. The van der Waals surface area contributed by atoms with Crippen LogP contribution in [0.15, 0.2) is 29.2 Å². The second-order valence-corrected chi connectivity index (χ2v) is 5.99. The molecule has 128 valence electrons. The van der Waals surface area contributed by atoms with E-state index in [2.05, 4.69) is 0 Å². The molecule has 0 radical (unpaired) electrons. The number of sulfonamides is 1. The van der Waals surface area contributed by atoms with E-state index in [1.54, 1.807) is 0 Å². The first-order valence-corrected chi connectivity index (χ1v) is 7.33. The smallest absolute Gasteiger partial charge is 0.270 e. The molecule has 2 aromatic rings. The van der Waals surface area contributed by atoms with Gasteiger partial charge in [0.1, 0.15) is 5.69 Å². The second-order valence-electron chi connectivity index (χ2n) is 4.30. The Kier molecular flexibility index (Phi) is 4.42. The van der Waals surface area contributed by atoms with Gasteiger partial charge >= 0.3 is 0 Å². The van der Waals surface area contributed by atoms with Crippen LogP contribution in [0.1, 0.15) is 0 Å². The third-order valence-electron chi connectivity index (χ3n) is 2.78. The number of hydrogen-bond acceptors (Lipinski definition) is 4. The van der Waals surface area contributed by atoms with Gasteiger partial charge in [0.15, 0.2) is 23.3 Å². The van der Waals surface area contributed by atoms with Crippen molar-refractivity contribution in [1.82, 2.24) is 0 Å². The summed E-state index contributed by atoms with van der Waals surface area (Å²) < 4.78 is 91.2. The normalized spacial score (nSPS) is 11.4. The highest BCUT2D eigenvalue weighted by Crippen LogP contribution is 2.29. The molecule has 1 N–H and O–H groups in total. The highest BCUT2D eigenvalue weighted by molar-refractivity contribution is 7.92. The summed E-state index contributed by atoms with van der Waals surface area (Å²) in [5, 5.41) is 10.6. The molecule has 0 saturated heterocycles. The first-order valence-electron chi connectivity index (χ1n) is 5.85. The topological polar surface area (TPSA) is 89.3 Å². The van der Waals surface area contributed by atoms with Crippen LogP contribution >= 0.6 is 0 Å². The van der Waals surface area contributed by atoms with Gasteiger partial charge in [-0.2, -0.15) is 0 Å². The Labute approximate surface area is 130 Å². The van der Waals surface area contributed by atoms with E-state index in [1.165, 1.54) is 4.72 Å². The van der Waals surface area contributed by atoms with Crippen molar-refractivity contribution in [2.45, 2.75) is 4.90 Å². The Balaban J connectivity index is 2.55. The zero-order chi connectivity index (χ0) is 18.2. The lowest BCUT2D eigenvalue weighted by atomic mass is 10.2. The first kappa shape index (κ1) is 17.6. The minimum absolute atomic E-state index is 0.550. The lowest BCUT2D eigenvalue weighted by Gasteiger charge is -2.11. The molecule has 0 amide bonds. The van der Waals surface area contributed by atoms with Gasteiger partial charge < -0.3 is 0 Å². The van der Waals surface area contributed by atoms with Gasteiger partial charge in [-0.1, -0.05) is 6.07 Å². The summed E-state index contributed by atoms with van der Waals surface area (Å²) in [4.78, 5) is 8.86. The van der Waals surface area contributed by atoms with Gasteiger partial charge in [-0.15, -0.1) is 0 Å². The van der Waals surface area contributed by atoms with Crippen molar-refractivity contribution in [3.63, 3.8) is 0 Å². The highest BCUT2D eigenvalue weighted by Gasteiger charge is 2.29. The van der Waals surface area contributed by atoms with Gasteiger partial charge in [-0.05, 0) is 6.07 Å². The van der Waals surface area contributed by atoms with Crippen LogP contribution in [-0.4, -0.2) is 13.3 Å². The van der Waals surface area contributed by atoms with Crippen LogP contribution in [-0.2, 0) is 10.0 Å². The fourth-order valence-electron chi connectivity index (χ4n) is 1.65. The first-order chi connectivity index (χ1) is 11.1. The average Bonchev–Trinajstić information content (AvgIpc) is 2.55. The largest absolute Gasteiger partial charge is 0.274 e. The van der Waals surface area contributed by atoms with Crippen molar-refractivity contribution in [3.05, 3.63) is 63.5 Å². The Hall–Kier alpha value is -2.76. The maximum Gasteiger partial charge on any atom is 0.270 e. The van der Waals surface area contributed by atoms with E-state index in [0.29, 0.717) is 6.07 Å². The van der Waals surface area contributed by atoms with E-state index in [1.807, 2.05) is 0 Å². The van der Waals surface area contributed by atoms with Gasteiger partial charge in [-0.3, -0.25) is 14.8 Å². The quantitative estimate of drug-likeness (QED) is 0.295. The van der Waals surface area contributed by atoms with Crippen LogP contribution in [0.4, 0.5) is 33.3 Å². The lowest BCUT2D eigenvalue weighted by molar-refractivity contribution is -0.385. The molecule has 0 atom stereocenters. The van der Waals surface area contributed by atoms with Gasteiger partial charge in [-0.25, -0.2) is 30.4 Å². The van der Waals surface area contributed by atoms with Gasteiger partial charge in [0.2, 0.25) is 5.82 Å². The molecule has 2 aromatic carbocycles. The summed E-state index contributed by atoms with van der Waals surface area (Å²) in [7, 11) is -4.85. The van der Waals surface area contributed by atoms with Gasteiger partial charge in [0.05, 0.1) is 9.82 Å². The number of benzene rings is 2. The minimum Gasteiger partial charge on any atom is -0.274 e. The van der Waals surface area contributed by atoms with E-state index in [9.17, 15) is 40.5 Å². The van der Waals surface area contributed by atoms with Crippen LogP contribution < -0.4 is 4.72 Å². The van der Waals surface area contributed by atoms with Crippen molar-refractivity contribution < 1.29 is 35.3 Å². The fraction of sp³-hybridized carbons (Fsp3) is 0. The van der Waals surface area contributed by atoms with Crippen LogP contribution in [0, 0.1) is 39.2 Å². The summed E-state index contributed by atoms with van der Waals surface area (Å²) >= 11 is 0. The van der Waals surface area contributed by atoms with Crippen molar-refractivity contribution in [2.24, 2.45) is 0 Å². The third kappa shape index (κ3) is 2.99. The van der Waals surface area contributed by atoms with E-state index < -0.39 is 60.3 Å². The van der Waals surface area contributed by atoms with Gasteiger partial charge in [0, 0.05) is 12.1 Å². The monoisotopic (exact) mass is 368 g/mol. The molecular weight excluding hydrogens is 363 g/mol. The predicted molar refractivity (Wildman–Crippen MR) is 70.1 cm³/mol. The highest BCUT2D eigenvalue weighted by atomic mass is 32.2. The molecule has 0 unspecified atom stereocenters. The Bertz CT molecular complexity index is 920. The van der Waals surface area contributed by atoms with Crippen molar-refractivity contribution >= 4 is 21.4 Å². The summed E-state index contributed by atoms with van der Waals surface area (Å²) in [5.41, 5.74) is -2.45. The third-order valence-corrected chi connectivity index (χ3v) is 4.13. The van der Waals surface area contributed by atoms with Crippen molar-refractivity contribution in [2.75, 3.05) is 4.72 Å². The molecule has 0 aliphatic carbocycles. The van der Waals surface area contributed by atoms with Crippen molar-refractivity contribution in [1.29, 1.82) is 0 Å². The Morgan fingerprint density at radius 3 is 1.92 bits per heavy atom. The van der Waals surface area contributed by atoms with Crippen LogP contribution in [0.25, 0.3) is 0 Å². The molecule has 6 nitrogen and oxygen atoms in total. The molecule has 0 aliphatic rings. The predicted octanol–water partition coefficient (Wildman–Crippen LogP) is 3.09. The number of anilines is 1. The number of nitro groups is 1. The fourth-order valence-corrected chi connectivity index (χ4v) is 2.75. The van der Waals surface area contributed by atoms with Crippen LogP contribution in [0.3, 0.4) is 0 Å². The molecule has 0 aromatic heterocycles. The molecule has 0 heterocycles. The lowest BCUT2D eigenvalue weighted by Crippen LogP contribution is -2.17. The summed E-state index contributed by atoms with van der Waals surface area (Å²) in [6.07, 6.45) is 0. The van der Waals surface area contributed by atoms with E-state index in [-0.39, 0.29) is 0 Å². The molecule has 0 bridgehead atoms. The number of nitro benzene ring substituents is 1. The summed E-state index contributed by atoms with van der Waals surface area (Å²) in [6, 6.07) is 3.29. The van der Waals surface area contributed by atoms with Crippen LogP contribution in [0.2, 0.25) is 0 Å². The zero-order valence-electron chi connectivity index (χ0n) is 11.2. The maximum atomic E-state index is 13.5. The molecular formula is C12H5F5N2O4S. The Morgan fingerprint density at radius 1 is 0.917 bits per heavy atom. The molecule has 24 heavy (non-hydrogen) atoms. The summed E-state index contributed by atoms with van der Waals surface area (Å²) in [6.45, 7) is 0.